The molecule has 2 aliphatic heterocycles. The first kappa shape index (κ1) is 23.7. The second-order valence-electron chi connectivity index (χ2n) is 9.71. The highest BCUT2D eigenvalue weighted by molar-refractivity contribution is 6.30. The molecule has 0 unspecified atom stereocenters. The maximum Gasteiger partial charge on any atom is 0.326 e. The number of urea groups is 1. The normalized spacial score (nSPS) is 20.2. The van der Waals surface area contributed by atoms with E-state index in [1.54, 1.807) is 16.8 Å². The number of carbonyl (C=O) groups is 2. The Morgan fingerprint density at radius 1 is 1.16 bits per heavy atom. The van der Waals surface area contributed by atoms with Crippen molar-refractivity contribution in [3.63, 3.8) is 0 Å². The first-order valence-electron chi connectivity index (χ1n) is 12.3. The van der Waals surface area contributed by atoms with Crippen LogP contribution in [-0.4, -0.2) is 70.8 Å². The quantitative estimate of drug-likeness (QED) is 0.263. The number of hydrogen-bond acceptors (Lipinski definition) is 8. The third kappa shape index (κ3) is 5.24. The number of rotatable bonds is 8. The monoisotopic (exact) mass is 522 g/mol. The van der Waals surface area contributed by atoms with Gasteiger partial charge in [0.25, 0.3) is 5.91 Å². The molecule has 2 saturated heterocycles. The van der Waals surface area contributed by atoms with E-state index in [2.05, 4.69) is 31.3 Å². The Labute approximate surface area is 218 Å². The molecule has 192 valence electrons. The van der Waals surface area contributed by atoms with Crippen LogP contribution in [0.4, 0.5) is 22.1 Å². The van der Waals surface area contributed by atoms with E-state index in [1.807, 2.05) is 30.3 Å². The van der Waals surface area contributed by atoms with Crippen LogP contribution in [0, 0.1) is 5.41 Å². The second-order valence-corrected chi connectivity index (χ2v) is 10.1. The molecule has 2 aromatic heterocycles. The number of ether oxygens (including phenoxy) is 1. The Bertz CT molecular complexity index is 1390. The van der Waals surface area contributed by atoms with E-state index in [0.29, 0.717) is 22.1 Å². The van der Waals surface area contributed by atoms with Crippen LogP contribution in [0.25, 0.3) is 11.7 Å². The van der Waals surface area contributed by atoms with Crippen LogP contribution in [0.2, 0.25) is 5.02 Å². The van der Waals surface area contributed by atoms with Crippen molar-refractivity contribution in [3.05, 3.63) is 52.8 Å². The molecule has 0 bridgehead atoms. The maximum absolute atomic E-state index is 12.1. The number of imide groups is 1. The zero-order valence-electron chi connectivity index (χ0n) is 20.1. The zero-order valence-corrected chi connectivity index (χ0v) is 20.8. The Morgan fingerprint density at radius 2 is 2.00 bits per heavy atom. The van der Waals surface area contributed by atoms with Gasteiger partial charge in [-0.25, -0.2) is 9.78 Å². The summed E-state index contributed by atoms with van der Waals surface area (Å²) in [4.78, 5) is 30.9. The van der Waals surface area contributed by atoms with Gasteiger partial charge in [-0.15, -0.1) is 0 Å². The van der Waals surface area contributed by atoms with Gasteiger partial charge in [-0.1, -0.05) is 17.7 Å². The molecule has 0 atom stereocenters. The minimum absolute atomic E-state index is 0.145. The van der Waals surface area contributed by atoms with Crippen LogP contribution in [0.3, 0.4) is 0 Å². The number of benzene rings is 1. The maximum atomic E-state index is 12.1. The lowest BCUT2D eigenvalue weighted by Gasteiger charge is -2.30. The molecular formula is C25H27ClN8O3. The average Bonchev–Trinajstić information content (AvgIpc) is 3.40. The molecular weight excluding hydrogens is 496 g/mol. The lowest BCUT2D eigenvalue weighted by molar-refractivity contribution is -0.115. The first-order valence-corrected chi connectivity index (χ1v) is 12.6. The van der Waals surface area contributed by atoms with E-state index in [-0.39, 0.29) is 11.1 Å². The van der Waals surface area contributed by atoms with Crippen molar-refractivity contribution < 1.29 is 14.3 Å². The molecule has 0 radical (unpaired) electrons. The van der Waals surface area contributed by atoms with E-state index >= 15 is 0 Å². The lowest BCUT2D eigenvalue weighted by Crippen LogP contribution is -2.41. The molecule has 6 rings (SSSR count). The van der Waals surface area contributed by atoms with Crippen LogP contribution in [-0.2, 0) is 9.53 Å². The molecule has 4 N–H and O–H groups in total. The summed E-state index contributed by atoms with van der Waals surface area (Å²) in [7, 11) is 0. The topological polar surface area (TPSA) is 125 Å². The van der Waals surface area contributed by atoms with Crippen molar-refractivity contribution in [2.45, 2.75) is 12.8 Å². The lowest BCUT2D eigenvalue weighted by atomic mass is 10.1. The van der Waals surface area contributed by atoms with Gasteiger partial charge in [0, 0.05) is 53.9 Å². The van der Waals surface area contributed by atoms with Gasteiger partial charge in [-0.3, -0.25) is 15.0 Å². The van der Waals surface area contributed by atoms with Crippen molar-refractivity contribution in [3.8, 4) is 0 Å². The number of hydrogen-bond donors (Lipinski definition) is 4. The predicted octanol–water partition coefficient (Wildman–Crippen LogP) is 2.83. The number of amides is 3. The summed E-state index contributed by atoms with van der Waals surface area (Å²) in [6.07, 6.45) is 5.54. The summed E-state index contributed by atoms with van der Waals surface area (Å²) in [6, 6.07) is 8.75. The van der Waals surface area contributed by atoms with E-state index in [1.165, 1.54) is 12.8 Å². The molecule has 3 aromatic rings. The van der Waals surface area contributed by atoms with Crippen molar-refractivity contribution in [1.82, 2.24) is 30.1 Å². The van der Waals surface area contributed by atoms with Crippen molar-refractivity contribution >= 4 is 52.6 Å². The number of carbonyl (C=O) groups excluding carboxylic acids is 2. The van der Waals surface area contributed by atoms with E-state index in [4.69, 9.17) is 21.3 Å². The number of halogens is 1. The first-order chi connectivity index (χ1) is 18.0. The number of fused-ring (bicyclic) bond motifs is 1. The van der Waals surface area contributed by atoms with Gasteiger partial charge >= 0.3 is 6.03 Å². The SMILES string of the molecule is O=C1NC(=O)/C(=C/c2cnn3c(NCC4(CN5CCOCC5)CC4)cc(Nc4cccc(Cl)c4)nc23)N1. The molecule has 0 spiro atoms. The standard InChI is InChI=1S/C25H27ClN8O3/c26-17-2-1-3-18(11-17)29-20-12-21(27-14-25(4-5-25)15-33-6-8-37-9-7-33)34-22(31-20)16(13-28-34)10-19-23(35)32-24(36)30-19/h1-3,10-13,27H,4-9,14-15H2,(H,29,31)(H2,30,32,35,36)/b19-10-. The minimum atomic E-state index is -0.554. The van der Waals surface area contributed by atoms with Crippen LogP contribution in [0.5, 0.6) is 0 Å². The summed E-state index contributed by atoms with van der Waals surface area (Å²) in [6.45, 7) is 5.35. The molecule has 3 fully saturated rings. The number of aromatic nitrogens is 3. The summed E-state index contributed by atoms with van der Waals surface area (Å²) in [5.74, 6) is 0.873. The molecule has 4 heterocycles. The Kier molecular flexibility index (Phi) is 6.19. The largest absolute Gasteiger partial charge is 0.379 e. The number of nitrogens with one attached hydrogen (secondary N) is 4. The molecule has 3 amide bonds. The van der Waals surface area contributed by atoms with E-state index < -0.39 is 11.9 Å². The van der Waals surface area contributed by atoms with Gasteiger partial charge in [-0.05, 0) is 37.1 Å². The third-order valence-corrected chi connectivity index (χ3v) is 7.12. The van der Waals surface area contributed by atoms with Crippen LogP contribution in [0.1, 0.15) is 18.4 Å². The number of anilines is 3. The molecule has 11 nitrogen and oxygen atoms in total. The van der Waals surface area contributed by atoms with Gasteiger partial charge in [-0.2, -0.15) is 9.61 Å². The van der Waals surface area contributed by atoms with Crippen molar-refractivity contribution in [2.24, 2.45) is 5.41 Å². The van der Waals surface area contributed by atoms with Gasteiger partial charge < -0.3 is 20.7 Å². The van der Waals surface area contributed by atoms with Crippen LogP contribution < -0.4 is 21.3 Å². The fraction of sp³-hybridized carbons (Fsp3) is 0.360. The highest BCUT2D eigenvalue weighted by Gasteiger charge is 2.44. The van der Waals surface area contributed by atoms with Crippen molar-refractivity contribution in [1.29, 1.82) is 0 Å². The summed E-state index contributed by atoms with van der Waals surface area (Å²) < 4.78 is 7.22. The van der Waals surface area contributed by atoms with Crippen molar-refractivity contribution in [2.75, 3.05) is 50.0 Å². The smallest absolute Gasteiger partial charge is 0.326 e. The zero-order chi connectivity index (χ0) is 25.4. The van der Waals surface area contributed by atoms with Crippen LogP contribution >= 0.6 is 11.6 Å². The highest BCUT2D eigenvalue weighted by atomic mass is 35.5. The molecule has 3 aliphatic rings. The van der Waals surface area contributed by atoms with E-state index in [0.717, 1.165) is 50.9 Å². The molecule has 37 heavy (non-hydrogen) atoms. The fourth-order valence-electron chi connectivity index (χ4n) is 4.70. The Morgan fingerprint density at radius 3 is 2.73 bits per heavy atom. The van der Waals surface area contributed by atoms with Gasteiger partial charge in [0.15, 0.2) is 5.65 Å². The molecule has 1 saturated carbocycles. The molecule has 1 aliphatic carbocycles. The highest BCUT2D eigenvalue weighted by Crippen LogP contribution is 2.46. The second kappa shape index (κ2) is 9.66. The summed E-state index contributed by atoms with van der Waals surface area (Å²) in [5, 5.41) is 16.8. The Hall–Kier alpha value is -3.67. The molecule has 12 heteroatoms. The van der Waals surface area contributed by atoms with Gasteiger partial charge in [0.05, 0.1) is 19.4 Å². The van der Waals surface area contributed by atoms with E-state index in [9.17, 15) is 9.59 Å². The summed E-state index contributed by atoms with van der Waals surface area (Å²) in [5.41, 5.74) is 2.29. The Balaban J connectivity index is 1.30. The number of nitrogens with zero attached hydrogens (tertiary/aromatic N) is 4. The molecule has 1 aromatic carbocycles. The van der Waals surface area contributed by atoms with Crippen LogP contribution in [0.15, 0.2) is 42.2 Å². The third-order valence-electron chi connectivity index (χ3n) is 6.88. The minimum Gasteiger partial charge on any atom is -0.379 e. The number of morpholine rings is 1. The van der Waals surface area contributed by atoms with Gasteiger partial charge in [0.1, 0.15) is 17.3 Å². The average molecular weight is 523 g/mol. The summed E-state index contributed by atoms with van der Waals surface area (Å²) >= 11 is 6.17. The fourth-order valence-corrected chi connectivity index (χ4v) is 4.89. The van der Waals surface area contributed by atoms with Gasteiger partial charge in [0.2, 0.25) is 0 Å². The predicted molar refractivity (Wildman–Crippen MR) is 140 cm³/mol.